The number of carbonyl (C=O) groups excluding carboxylic acids is 1. The van der Waals surface area contributed by atoms with E-state index in [9.17, 15) is 10.1 Å². The highest BCUT2D eigenvalue weighted by Gasteiger charge is 2.57. The summed E-state index contributed by atoms with van der Waals surface area (Å²) in [6.07, 6.45) is -0.600. The highest BCUT2D eigenvalue weighted by Crippen LogP contribution is 2.42. The third-order valence-electron chi connectivity index (χ3n) is 4.20. The molecule has 4 heteroatoms. The summed E-state index contributed by atoms with van der Waals surface area (Å²) in [6.45, 7) is 10.1. The van der Waals surface area contributed by atoms with Crippen LogP contribution in [0.5, 0.6) is 0 Å². The number of amides is 1. The number of nitrogens with zero attached hydrogens (tertiary/aromatic N) is 2. The molecule has 22 heavy (non-hydrogen) atoms. The zero-order valence-corrected chi connectivity index (χ0v) is 14.0. The zero-order valence-electron chi connectivity index (χ0n) is 14.0. The second-order valence-electron chi connectivity index (χ2n) is 7.41. The van der Waals surface area contributed by atoms with Gasteiger partial charge in [0, 0.05) is 11.0 Å². The summed E-state index contributed by atoms with van der Waals surface area (Å²) >= 11 is 0. The fourth-order valence-corrected chi connectivity index (χ4v) is 3.03. The molecule has 118 valence electrons. The van der Waals surface area contributed by atoms with Gasteiger partial charge in [-0.25, -0.2) is 0 Å². The number of likely N-dealkylation sites (tertiary alicyclic amines) is 1. The van der Waals surface area contributed by atoms with E-state index in [1.54, 1.807) is 4.90 Å². The van der Waals surface area contributed by atoms with Crippen molar-refractivity contribution in [2.24, 2.45) is 5.41 Å². The molecule has 1 aromatic rings. The highest BCUT2D eigenvalue weighted by molar-refractivity contribution is 5.86. The molecule has 0 N–H and O–H groups in total. The van der Waals surface area contributed by atoms with Gasteiger partial charge in [0.05, 0.1) is 12.7 Å². The lowest BCUT2D eigenvalue weighted by Gasteiger charge is -2.36. The number of nitriles is 1. The van der Waals surface area contributed by atoms with Gasteiger partial charge in [0.1, 0.15) is 12.1 Å². The van der Waals surface area contributed by atoms with Crippen LogP contribution in [-0.2, 0) is 16.1 Å². The van der Waals surface area contributed by atoms with E-state index in [0.717, 1.165) is 5.56 Å². The van der Waals surface area contributed by atoms with Crippen molar-refractivity contribution in [1.82, 2.24) is 4.90 Å². The Morgan fingerprint density at radius 3 is 2.32 bits per heavy atom. The molecule has 1 heterocycles. The van der Waals surface area contributed by atoms with Crippen molar-refractivity contribution in [3.05, 3.63) is 35.9 Å². The maximum atomic E-state index is 12.8. The number of rotatable bonds is 3. The van der Waals surface area contributed by atoms with E-state index in [1.807, 2.05) is 65.0 Å². The second kappa shape index (κ2) is 5.73. The van der Waals surface area contributed by atoms with Crippen molar-refractivity contribution >= 4 is 5.91 Å². The van der Waals surface area contributed by atoms with Crippen LogP contribution in [-0.4, -0.2) is 28.5 Å². The topological polar surface area (TPSA) is 53.3 Å². The van der Waals surface area contributed by atoms with Crippen molar-refractivity contribution in [1.29, 1.82) is 5.26 Å². The van der Waals surface area contributed by atoms with Crippen molar-refractivity contribution in [3.8, 4) is 6.07 Å². The van der Waals surface area contributed by atoms with Crippen LogP contribution in [0, 0.1) is 16.7 Å². The molecule has 1 fully saturated rings. The Morgan fingerprint density at radius 2 is 1.86 bits per heavy atom. The summed E-state index contributed by atoms with van der Waals surface area (Å²) in [6, 6.07) is 11.6. The number of benzene rings is 1. The molecule has 1 aromatic carbocycles. The summed E-state index contributed by atoms with van der Waals surface area (Å²) in [4.78, 5) is 14.5. The van der Waals surface area contributed by atoms with E-state index < -0.39 is 23.1 Å². The summed E-state index contributed by atoms with van der Waals surface area (Å²) < 4.78 is 5.93. The third kappa shape index (κ3) is 2.86. The number of ether oxygens (including phenoxy) is 1. The van der Waals surface area contributed by atoms with Gasteiger partial charge in [-0.15, -0.1) is 0 Å². The minimum Gasteiger partial charge on any atom is -0.363 e. The van der Waals surface area contributed by atoms with Crippen molar-refractivity contribution in [3.63, 3.8) is 0 Å². The summed E-state index contributed by atoms with van der Waals surface area (Å²) in [5, 5.41) is 9.56. The SMILES string of the molecule is CC1(C)[C@H](OCc2ccccc2)C(=O)N(C(C)(C)C)[C@@H]1C#N. The quantitative estimate of drug-likeness (QED) is 0.861. The number of hydrogen-bond acceptors (Lipinski definition) is 3. The Bertz CT molecular complexity index is 581. The van der Waals surface area contributed by atoms with Crippen LogP contribution < -0.4 is 0 Å². The maximum absolute atomic E-state index is 12.8. The Kier molecular flexibility index (Phi) is 4.30. The molecule has 0 aliphatic carbocycles. The van der Waals surface area contributed by atoms with E-state index >= 15 is 0 Å². The van der Waals surface area contributed by atoms with E-state index in [0.29, 0.717) is 6.61 Å². The predicted molar refractivity (Wildman–Crippen MR) is 84.8 cm³/mol. The van der Waals surface area contributed by atoms with E-state index in [1.165, 1.54) is 0 Å². The Hall–Kier alpha value is -1.86. The number of hydrogen-bond donors (Lipinski definition) is 0. The molecule has 0 saturated carbocycles. The Morgan fingerprint density at radius 1 is 1.27 bits per heavy atom. The van der Waals surface area contributed by atoms with Crippen LogP contribution in [0.3, 0.4) is 0 Å². The Labute approximate surface area is 132 Å². The smallest absolute Gasteiger partial charge is 0.253 e. The molecule has 2 atom stereocenters. The van der Waals surface area contributed by atoms with E-state index in [-0.39, 0.29) is 5.91 Å². The first-order valence-electron chi connectivity index (χ1n) is 7.58. The predicted octanol–water partition coefficient (Wildman–Crippen LogP) is 3.13. The zero-order chi connectivity index (χ0) is 16.5. The fourth-order valence-electron chi connectivity index (χ4n) is 3.03. The van der Waals surface area contributed by atoms with Crippen LogP contribution in [0.25, 0.3) is 0 Å². The molecule has 2 rings (SSSR count). The molecule has 1 aliphatic heterocycles. The highest BCUT2D eigenvalue weighted by atomic mass is 16.5. The van der Waals surface area contributed by atoms with Gasteiger partial charge < -0.3 is 9.64 Å². The fraction of sp³-hybridized carbons (Fsp3) is 0.556. The lowest BCUT2D eigenvalue weighted by molar-refractivity contribution is -0.144. The first kappa shape index (κ1) is 16.5. The molecule has 4 nitrogen and oxygen atoms in total. The average Bonchev–Trinajstić information content (AvgIpc) is 2.63. The van der Waals surface area contributed by atoms with Gasteiger partial charge in [-0.05, 0) is 26.3 Å². The van der Waals surface area contributed by atoms with Crippen molar-refractivity contribution < 1.29 is 9.53 Å². The molecule has 0 aromatic heterocycles. The maximum Gasteiger partial charge on any atom is 0.253 e. The van der Waals surface area contributed by atoms with Gasteiger partial charge in [-0.2, -0.15) is 5.26 Å². The lowest BCUT2D eigenvalue weighted by atomic mass is 9.82. The second-order valence-corrected chi connectivity index (χ2v) is 7.41. The van der Waals surface area contributed by atoms with Gasteiger partial charge in [0.2, 0.25) is 0 Å². The largest absolute Gasteiger partial charge is 0.363 e. The van der Waals surface area contributed by atoms with Gasteiger partial charge in [0.15, 0.2) is 0 Å². The van der Waals surface area contributed by atoms with Gasteiger partial charge in [-0.3, -0.25) is 4.79 Å². The van der Waals surface area contributed by atoms with Gasteiger partial charge in [-0.1, -0.05) is 44.2 Å². The van der Waals surface area contributed by atoms with Crippen LogP contribution in [0.2, 0.25) is 0 Å². The van der Waals surface area contributed by atoms with Crippen molar-refractivity contribution in [2.45, 2.75) is 58.9 Å². The summed E-state index contributed by atoms with van der Waals surface area (Å²) in [5.41, 5.74) is 0.0712. The van der Waals surface area contributed by atoms with Gasteiger partial charge in [0.25, 0.3) is 5.91 Å². The van der Waals surface area contributed by atoms with Crippen LogP contribution >= 0.6 is 0 Å². The van der Waals surface area contributed by atoms with Gasteiger partial charge >= 0.3 is 0 Å². The molecule has 1 saturated heterocycles. The lowest BCUT2D eigenvalue weighted by Crippen LogP contribution is -2.48. The van der Waals surface area contributed by atoms with Crippen LogP contribution in [0.15, 0.2) is 30.3 Å². The first-order valence-corrected chi connectivity index (χ1v) is 7.58. The molecule has 0 bridgehead atoms. The average molecular weight is 300 g/mol. The minimum atomic E-state index is -0.600. The van der Waals surface area contributed by atoms with E-state index in [2.05, 4.69) is 6.07 Å². The number of carbonyl (C=O) groups is 1. The van der Waals surface area contributed by atoms with Crippen LogP contribution in [0.1, 0.15) is 40.2 Å². The normalized spacial score (nSPS) is 24.4. The molecule has 0 radical (unpaired) electrons. The Balaban J connectivity index is 2.24. The monoisotopic (exact) mass is 300 g/mol. The molecule has 1 aliphatic rings. The molecule has 0 spiro atoms. The standard InChI is InChI=1S/C18H24N2O2/c1-17(2,3)20-14(11-19)18(4,5)15(16(20)21)22-12-13-9-7-6-8-10-13/h6-10,14-15H,12H2,1-5H3/t14-,15-/m1/s1. The minimum absolute atomic E-state index is 0.0972. The molecular weight excluding hydrogens is 276 g/mol. The first-order chi connectivity index (χ1) is 10.2. The van der Waals surface area contributed by atoms with E-state index in [4.69, 9.17) is 4.74 Å². The molecule has 1 amide bonds. The summed E-state index contributed by atoms with van der Waals surface area (Å²) in [7, 11) is 0. The molecule has 0 unspecified atom stereocenters. The third-order valence-corrected chi connectivity index (χ3v) is 4.20. The van der Waals surface area contributed by atoms with Crippen molar-refractivity contribution in [2.75, 3.05) is 0 Å². The summed E-state index contributed by atoms with van der Waals surface area (Å²) in [5.74, 6) is -0.0972. The van der Waals surface area contributed by atoms with Crippen LogP contribution in [0.4, 0.5) is 0 Å². The molecular formula is C18H24N2O2.